The molecule has 1 aliphatic heterocycles. The van der Waals surface area contributed by atoms with Gasteiger partial charge in [-0.05, 0) is 36.6 Å². The Morgan fingerprint density at radius 3 is 2.84 bits per heavy atom. The Morgan fingerprint density at radius 1 is 1.32 bits per heavy atom. The molecular weight excluding hydrogens is 322 g/mol. The molecule has 1 N–H and O–H groups in total. The van der Waals surface area contributed by atoms with Gasteiger partial charge in [-0.1, -0.05) is 6.07 Å². The summed E-state index contributed by atoms with van der Waals surface area (Å²) in [4.78, 5) is 39.4. The molecule has 1 atom stereocenters. The summed E-state index contributed by atoms with van der Waals surface area (Å²) in [5.74, 6) is 0.763. The number of nitrogens with one attached hydrogen (secondary N) is 1. The van der Waals surface area contributed by atoms with Gasteiger partial charge in [0, 0.05) is 31.8 Å². The fourth-order valence-corrected chi connectivity index (χ4v) is 3.24. The zero-order chi connectivity index (χ0) is 18.0. The van der Waals surface area contributed by atoms with Gasteiger partial charge in [0.15, 0.2) is 0 Å². The van der Waals surface area contributed by atoms with E-state index >= 15 is 0 Å². The largest absolute Gasteiger partial charge is 0.497 e. The number of aromatic nitrogens is 2. The topological polar surface area (TPSA) is 84.4 Å². The number of methoxy groups -OCH3 is 1. The molecule has 1 aliphatic rings. The zero-order valence-corrected chi connectivity index (χ0v) is 14.3. The second-order valence-corrected chi connectivity index (χ2v) is 6.13. The summed E-state index contributed by atoms with van der Waals surface area (Å²) in [6.45, 7) is 2.89. The van der Waals surface area contributed by atoms with Crippen LogP contribution in [0.4, 0.5) is 0 Å². The highest BCUT2D eigenvalue weighted by atomic mass is 16.5. The van der Waals surface area contributed by atoms with Crippen molar-refractivity contribution in [2.75, 3.05) is 13.7 Å². The summed E-state index contributed by atoms with van der Waals surface area (Å²) in [6, 6.07) is 7.19. The first-order valence-corrected chi connectivity index (χ1v) is 8.25. The standard InChI is InChI=1S/C18H21N3O4/c1-12-15-11-14(25-2)4-3-13(15)5-10-21(12)17(23)7-9-20-8-6-16(22)19-18(20)24/h3-4,6,8,11-12H,5,7,9-10H2,1-2H3,(H,19,22,24)/t12-/m0/s1. The van der Waals surface area contributed by atoms with Crippen molar-refractivity contribution >= 4 is 5.91 Å². The number of fused-ring (bicyclic) bond motifs is 1. The molecular formula is C18H21N3O4. The molecule has 25 heavy (non-hydrogen) atoms. The highest BCUT2D eigenvalue weighted by Gasteiger charge is 2.27. The van der Waals surface area contributed by atoms with E-state index in [0.29, 0.717) is 6.54 Å². The lowest BCUT2D eigenvalue weighted by Crippen LogP contribution is -2.39. The molecule has 0 spiro atoms. The number of hydrogen-bond acceptors (Lipinski definition) is 4. The monoisotopic (exact) mass is 343 g/mol. The van der Waals surface area contributed by atoms with E-state index < -0.39 is 11.2 Å². The number of hydrogen-bond donors (Lipinski definition) is 1. The Balaban J connectivity index is 1.72. The average Bonchev–Trinajstić information content (AvgIpc) is 2.61. The van der Waals surface area contributed by atoms with E-state index in [0.717, 1.165) is 17.7 Å². The molecule has 1 amide bonds. The lowest BCUT2D eigenvalue weighted by atomic mass is 9.93. The van der Waals surface area contributed by atoms with Gasteiger partial charge in [0.2, 0.25) is 5.91 Å². The second-order valence-electron chi connectivity index (χ2n) is 6.13. The molecule has 7 nitrogen and oxygen atoms in total. The summed E-state index contributed by atoms with van der Waals surface area (Å²) in [6.07, 6.45) is 2.41. The predicted molar refractivity (Wildman–Crippen MR) is 92.8 cm³/mol. The van der Waals surface area contributed by atoms with E-state index in [4.69, 9.17) is 4.74 Å². The number of carbonyl (C=O) groups is 1. The van der Waals surface area contributed by atoms with Crippen LogP contribution >= 0.6 is 0 Å². The van der Waals surface area contributed by atoms with Crippen LogP contribution in [0.2, 0.25) is 0 Å². The van der Waals surface area contributed by atoms with Crippen LogP contribution in [0, 0.1) is 0 Å². The molecule has 0 saturated heterocycles. The number of nitrogens with zero attached hydrogens (tertiary/aromatic N) is 2. The molecule has 0 saturated carbocycles. The zero-order valence-electron chi connectivity index (χ0n) is 14.3. The Kier molecular flexibility index (Phi) is 4.74. The average molecular weight is 343 g/mol. The molecule has 0 unspecified atom stereocenters. The van der Waals surface area contributed by atoms with Crippen LogP contribution < -0.4 is 16.0 Å². The summed E-state index contributed by atoms with van der Waals surface area (Å²) >= 11 is 0. The van der Waals surface area contributed by atoms with Crippen molar-refractivity contribution < 1.29 is 9.53 Å². The van der Waals surface area contributed by atoms with Gasteiger partial charge in [0.05, 0.1) is 13.2 Å². The van der Waals surface area contributed by atoms with Gasteiger partial charge in [-0.3, -0.25) is 14.6 Å². The molecule has 7 heteroatoms. The third kappa shape index (κ3) is 3.50. The normalized spacial score (nSPS) is 16.4. The highest BCUT2D eigenvalue weighted by molar-refractivity contribution is 5.77. The summed E-state index contributed by atoms with van der Waals surface area (Å²) < 4.78 is 6.62. The minimum atomic E-state index is -0.498. The van der Waals surface area contributed by atoms with Crippen LogP contribution in [-0.2, 0) is 17.8 Å². The van der Waals surface area contributed by atoms with E-state index in [1.54, 1.807) is 7.11 Å². The molecule has 0 radical (unpaired) electrons. The van der Waals surface area contributed by atoms with Crippen LogP contribution in [0.3, 0.4) is 0 Å². The van der Waals surface area contributed by atoms with Crippen LogP contribution in [0.15, 0.2) is 40.1 Å². The quantitative estimate of drug-likeness (QED) is 0.900. The predicted octanol–water partition coefficient (Wildman–Crippen LogP) is 1.08. The maximum Gasteiger partial charge on any atom is 0.328 e. The smallest absolute Gasteiger partial charge is 0.328 e. The maximum absolute atomic E-state index is 12.6. The van der Waals surface area contributed by atoms with Crippen molar-refractivity contribution in [2.24, 2.45) is 0 Å². The number of ether oxygens (including phenoxy) is 1. The van der Waals surface area contributed by atoms with Gasteiger partial charge in [-0.25, -0.2) is 4.79 Å². The molecule has 3 rings (SSSR count). The van der Waals surface area contributed by atoms with Gasteiger partial charge in [-0.15, -0.1) is 0 Å². The van der Waals surface area contributed by atoms with Crippen LogP contribution in [0.5, 0.6) is 5.75 Å². The van der Waals surface area contributed by atoms with Gasteiger partial charge in [-0.2, -0.15) is 0 Å². The minimum Gasteiger partial charge on any atom is -0.497 e. The molecule has 0 aliphatic carbocycles. The molecule has 0 bridgehead atoms. The molecule has 132 valence electrons. The number of benzene rings is 1. The number of amides is 1. The third-order valence-corrected chi connectivity index (χ3v) is 4.68. The Bertz CT molecular complexity index is 900. The second kappa shape index (κ2) is 6.96. The van der Waals surface area contributed by atoms with Gasteiger partial charge < -0.3 is 14.2 Å². The fraction of sp³-hybridized carbons (Fsp3) is 0.389. The van der Waals surface area contributed by atoms with Crippen molar-refractivity contribution in [3.63, 3.8) is 0 Å². The van der Waals surface area contributed by atoms with E-state index in [1.165, 1.54) is 22.4 Å². The van der Waals surface area contributed by atoms with Crippen molar-refractivity contribution in [3.05, 3.63) is 62.4 Å². The third-order valence-electron chi connectivity index (χ3n) is 4.68. The summed E-state index contributed by atoms with van der Waals surface area (Å²) in [5.41, 5.74) is 1.39. The van der Waals surface area contributed by atoms with E-state index in [1.807, 2.05) is 30.0 Å². The maximum atomic E-state index is 12.6. The number of H-pyrrole nitrogens is 1. The molecule has 1 aromatic carbocycles. The van der Waals surface area contributed by atoms with Crippen LogP contribution in [0.1, 0.15) is 30.5 Å². The van der Waals surface area contributed by atoms with E-state index in [9.17, 15) is 14.4 Å². The van der Waals surface area contributed by atoms with Crippen LogP contribution in [0.25, 0.3) is 0 Å². The Labute approximate surface area is 144 Å². The van der Waals surface area contributed by atoms with Crippen LogP contribution in [-0.4, -0.2) is 34.0 Å². The van der Waals surface area contributed by atoms with Gasteiger partial charge in [0.1, 0.15) is 5.75 Å². The summed E-state index contributed by atoms with van der Waals surface area (Å²) in [5, 5.41) is 0. The number of rotatable bonds is 4. The minimum absolute atomic E-state index is 0.0148. The van der Waals surface area contributed by atoms with Gasteiger partial charge in [0.25, 0.3) is 5.56 Å². The molecule has 0 fully saturated rings. The number of aryl methyl sites for hydroxylation is 1. The SMILES string of the molecule is COc1ccc2c(c1)[C@H](C)N(C(=O)CCn1ccc(=O)[nH]c1=O)CC2. The Hall–Kier alpha value is -2.83. The van der Waals surface area contributed by atoms with Gasteiger partial charge >= 0.3 is 5.69 Å². The first-order chi connectivity index (χ1) is 12.0. The van der Waals surface area contributed by atoms with Crippen molar-refractivity contribution in [2.45, 2.75) is 32.4 Å². The van der Waals surface area contributed by atoms with Crippen molar-refractivity contribution in [3.8, 4) is 5.75 Å². The van der Waals surface area contributed by atoms with E-state index in [-0.39, 0.29) is 24.9 Å². The van der Waals surface area contributed by atoms with Crippen molar-refractivity contribution in [1.29, 1.82) is 0 Å². The number of aromatic amines is 1. The highest BCUT2D eigenvalue weighted by Crippen LogP contribution is 2.32. The van der Waals surface area contributed by atoms with Crippen molar-refractivity contribution in [1.82, 2.24) is 14.5 Å². The lowest BCUT2D eigenvalue weighted by molar-refractivity contribution is -0.134. The summed E-state index contributed by atoms with van der Waals surface area (Å²) in [7, 11) is 1.63. The van der Waals surface area contributed by atoms with E-state index in [2.05, 4.69) is 4.98 Å². The molecule has 2 heterocycles. The lowest BCUT2D eigenvalue weighted by Gasteiger charge is -2.35. The first kappa shape index (κ1) is 17.0. The number of carbonyl (C=O) groups excluding carboxylic acids is 1. The molecule has 2 aromatic rings. The molecule has 1 aromatic heterocycles. The Morgan fingerprint density at radius 2 is 2.12 bits per heavy atom. The first-order valence-electron chi connectivity index (χ1n) is 8.25. The fourth-order valence-electron chi connectivity index (χ4n) is 3.24.